The third-order valence-corrected chi connectivity index (χ3v) is 3.02. The highest BCUT2D eigenvalue weighted by atomic mass is 16.4. The molecule has 0 radical (unpaired) electrons. The predicted molar refractivity (Wildman–Crippen MR) is 64.5 cm³/mol. The van der Waals surface area contributed by atoms with E-state index in [1.165, 1.54) is 0 Å². The van der Waals surface area contributed by atoms with Crippen molar-refractivity contribution in [1.29, 1.82) is 0 Å². The number of carbonyl (C=O) groups is 2. The van der Waals surface area contributed by atoms with Crippen LogP contribution in [0, 0.1) is 0 Å². The number of carboxylic acids is 1. The molecule has 4 nitrogen and oxygen atoms in total. The Morgan fingerprint density at radius 1 is 1.18 bits per heavy atom. The molecule has 0 unspecified atom stereocenters. The van der Waals surface area contributed by atoms with Crippen molar-refractivity contribution in [2.24, 2.45) is 0 Å². The lowest BCUT2D eigenvalue weighted by Crippen LogP contribution is -2.26. The summed E-state index contributed by atoms with van der Waals surface area (Å²) in [5, 5.41) is 9.12. The molecule has 1 aliphatic rings. The summed E-state index contributed by atoms with van der Waals surface area (Å²) in [4.78, 5) is 24.5. The highest BCUT2D eigenvalue weighted by Crippen LogP contribution is 2.22. The van der Waals surface area contributed by atoms with E-state index in [4.69, 9.17) is 5.11 Å². The molecule has 4 heteroatoms. The van der Waals surface area contributed by atoms with E-state index in [9.17, 15) is 9.59 Å². The van der Waals surface area contributed by atoms with Gasteiger partial charge in [-0.2, -0.15) is 0 Å². The lowest BCUT2D eigenvalue weighted by Gasteiger charge is -2.23. The molecule has 2 rings (SSSR count). The second-order valence-electron chi connectivity index (χ2n) is 4.20. The minimum absolute atomic E-state index is 0.264. The lowest BCUT2D eigenvalue weighted by atomic mass is 10.1. The Morgan fingerprint density at radius 2 is 1.94 bits per heavy atom. The van der Waals surface area contributed by atoms with Gasteiger partial charge in [0, 0.05) is 25.9 Å². The maximum Gasteiger partial charge on any atom is 0.337 e. The van der Waals surface area contributed by atoms with Crippen molar-refractivity contribution < 1.29 is 14.7 Å². The lowest BCUT2D eigenvalue weighted by molar-refractivity contribution is -0.118. The van der Waals surface area contributed by atoms with Gasteiger partial charge in [0.15, 0.2) is 0 Å². The van der Waals surface area contributed by atoms with Crippen LogP contribution in [0.1, 0.15) is 29.6 Å². The van der Waals surface area contributed by atoms with Crippen LogP contribution in [0.4, 0.5) is 5.69 Å². The zero-order chi connectivity index (χ0) is 12.3. The summed E-state index contributed by atoms with van der Waals surface area (Å²) in [6.45, 7) is 1.36. The fourth-order valence-electron chi connectivity index (χ4n) is 2.13. The molecule has 1 fully saturated rings. The number of Topliss-reactive ketones (excluding diaryl/α,β-unsaturated/α-hetero) is 1. The van der Waals surface area contributed by atoms with Gasteiger partial charge in [-0.25, -0.2) is 4.79 Å². The molecule has 0 atom stereocenters. The molecule has 1 aromatic rings. The van der Waals surface area contributed by atoms with Crippen LogP contribution in [0.2, 0.25) is 0 Å². The average molecular weight is 233 g/mol. The van der Waals surface area contributed by atoms with Crippen molar-refractivity contribution in [3.8, 4) is 0 Å². The van der Waals surface area contributed by atoms with Crippen molar-refractivity contribution in [2.75, 3.05) is 18.0 Å². The summed E-state index contributed by atoms with van der Waals surface area (Å²) in [6.07, 6.45) is 1.91. The number of rotatable bonds is 2. The summed E-state index contributed by atoms with van der Waals surface area (Å²) in [5.74, 6) is -0.656. The van der Waals surface area contributed by atoms with Crippen LogP contribution in [0.3, 0.4) is 0 Å². The molecular formula is C13H15NO3. The molecule has 0 spiro atoms. The van der Waals surface area contributed by atoms with Gasteiger partial charge in [-0.05, 0) is 18.6 Å². The van der Waals surface area contributed by atoms with Crippen LogP contribution < -0.4 is 4.90 Å². The molecule has 1 aromatic carbocycles. The highest BCUT2D eigenvalue weighted by Gasteiger charge is 2.18. The quantitative estimate of drug-likeness (QED) is 0.848. The first-order chi connectivity index (χ1) is 8.18. The van der Waals surface area contributed by atoms with Crippen molar-refractivity contribution in [2.45, 2.75) is 19.3 Å². The molecule has 90 valence electrons. The molecule has 0 aliphatic carbocycles. The zero-order valence-corrected chi connectivity index (χ0v) is 9.56. The topological polar surface area (TPSA) is 57.6 Å². The first kappa shape index (κ1) is 11.6. The SMILES string of the molecule is O=C1CCCN(c2ccccc2C(=O)O)CC1. The molecule has 0 bridgehead atoms. The Hall–Kier alpha value is -1.84. The van der Waals surface area contributed by atoms with Crippen LogP contribution in [0.5, 0.6) is 0 Å². The number of carboxylic acid groups (broad SMARTS) is 1. The van der Waals surface area contributed by atoms with Crippen LogP contribution in [-0.4, -0.2) is 29.9 Å². The van der Waals surface area contributed by atoms with Crippen molar-refractivity contribution >= 4 is 17.4 Å². The molecule has 17 heavy (non-hydrogen) atoms. The first-order valence-electron chi connectivity index (χ1n) is 5.77. The van der Waals surface area contributed by atoms with E-state index < -0.39 is 5.97 Å². The van der Waals surface area contributed by atoms with E-state index in [0.29, 0.717) is 24.9 Å². The summed E-state index contributed by atoms with van der Waals surface area (Å²) in [6, 6.07) is 6.95. The largest absolute Gasteiger partial charge is 0.478 e. The molecule has 1 N–H and O–H groups in total. The van der Waals surface area contributed by atoms with Gasteiger partial charge in [-0.15, -0.1) is 0 Å². The van der Waals surface area contributed by atoms with E-state index >= 15 is 0 Å². The van der Waals surface area contributed by atoms with E-state index in [0.717, 1.165) is 18.7 Å². The number of aromatic carboxylic acids is 1. The maximum absolute atomic E-state index is 11.3. The highest BCUT2D eigenvalue weighted by molar-refractivity contribution is 5.94. The number of nitrogens with zero attached hydrogens (tertiary/aromatic N) is 1. The van der Waals surface area contributed by atoms with E-state index in [1.807, 2.05) is 11.0 Å². The number of anilines is 1. The van der Waals surface area contributed by atoms with E-state index in [2.05, 4.69) is 0 Å². The maximum atomic E-state index is 11.3. The summed E-state index contributed by atoms with van der Waals surface area (Å²) >= 11 is 0. The Kier molecular flexibility index (Phi) is 3.42. The number of ketones is 1. The second-order valence-corrected chi connectivity index (χ2v) is 4.20. The molecule has 1 saturated heterocycles. The average Bonchev–Trinajstić information content (AvgIpc) is 2.54. The van der Waals surface area contributed by atoms with Gasteiger partial charge in [0.05, 0.1) is 11.3 Å². The third-order valence-electron chi connectivity index (χ3n) is 3.02. The zero-order valence-electron chi connectivity index (χ0n) is 9.56. The number of carbonyl (C=O) groups excluding carboxylic acids is 1. The van der Waals surface area contributed by atoms with Gasteiger partial charge >= 0.3 is 5.97 Å². The standard InChI is InChI=1S/C13H15NO3/c15-10-4-3-8-14(9-7-10)12-6-2-1-5-11(12)13(16)17/h1-2,5-6H,3-4,7-9H2,(H,16,17). The molecule has 0 aromatic heterocycles. The van der Waals surface area contributed by atoms with Gasteiger partial charge < -0.3 is 10.0 Å². The fraction of sp³-hybridized carbons (Fsp3) is 0.385. The van der Waals surface area contributed by atoms with Crippen LogP contribution in [0.25, 0.3) is 0 Å². The first-order valence-corrected chi connectivity index (χ1v) is 5.77. The monoisotopic (exact) mass is 233 g/mol. The van der Waals surface area contributed by atoms with Gasteiger partial charge in [0.25, 0.3) is 0 Å². The normalized spacial score (nSPS) is 16.7. The number of benzene rings is 1. The predicted octanol–water partition coefficient (Wildman–Crippen LogP) is 1.94. The Morgan fingerprint density at radius 3 is 2.71 bits per heavy atom. The smallest absolute Gasteiger partial charge is 0.337 e. The third kappa shape index (κ3) is 2.64. The van der Waals surface area contributed by atoms with Crippen molar-refractivity contribution in [3.05, 3.63) is 29.8 Å². The number of para-hydroxylation sites is 1. The fourth-order valence-corrected chi connectivity index (χ4v) is 2.13. The van der Waals surface area contributed by atoms with E-state index in [1.54, 1.807) is 18.2 Å². The molecular weight excluding hydrogens is 218 g/mol. The number of hydrogen-bond acceptors (Lipinski definition) is 3. The van der Waals surface area contributed by atoms with Crippen LogP contribution in [-0.2, 0) is 4.79 Å². The summed E-state index contributed by atoms with van der Waals surface area (Å²) < 4.78 is 0. The second kappa shape index (κ2) is 4.99. The van der Waals surface area contributed by atoms with Gasteiger partial charge in [-0.3, -0.25) is 4.79 Å². The molecule has 0 amide bonds. The van der Waals surface area contributed by atoms with Crippen molar-refractivity contribution in [3.63, 3.8) is 0 Å². The number of hydrogen-bond donors (Lipinski definition) is 1. The molecule has 1 aliphatic heterocycles. The Balaban J connectivity index is 2.26. The molecule has 1 heterocycles. The summed E-state index contributed by atoms with van der Waals surface area (Å²) in [7, 11) is 0. The molecule has 0 saturated carbocycles. The van der Waals surface area contributed by atoms with Crippen LogP contribution in [0.15, 0.2) is 24.3 Å². The summed E-state index contributed by atoms with van der Waals surface area (Å²) in [5.41, 5.74) is 1.02. The minimum atomic E-state index is -0.920. The van der Waals surface area contributed by atoms with Crippen LogP contribution >= 0.6 is 0 Å². The minimum Gasteiger partial charge on any atom is -0.478 e. The van der Waals surface area contributed by atoms with E-state index in [-0.39, 0.29) is 5.78 Å². The van der Waals surface area contributed by atoms with Gasteiger partial charge in [0.1, 0.15) is 5.78 Å². The van der Waals surface area contributed by atoms with Crippen molar-refractivity contribution in [1.82, 2.24) is 0 Å². The van der Waals surface area contributed by atoms with Gasteiger partial charge in [0.2, 0.25) is 0 Å². The Bertz CT molecular complexity index is 442. The Labute approximate surface area is 99.9 Å². The van der Waals surface area contributed by atoms with Gasteiger partial charge in [-0.1, -0.05) is 12.1 Å².